The van der Waals surface area contributed by atoms with Gasteiger partial charge in [-0.25, -0.2) is 9.37 Å². The van der Waals surface area contributed by atoms with Crippen LogP contribution in [0.4, 0.5) is 4.39 Å². The van der Waals surface area contributed by atoms with Crippen LogP contribution in [-0.2, 0) is 6.42 Å². The number of hydrogen-bond donors (Lipinski definition) is 1. The summed E-state index contributed by atoms with van der Waals surface area (Å²) in [5, 5.41) is 3.87. The molecular formula is C20H19FN2OS. The molecule has 3 aromatic rings. The molecule has 2 aromatic carbocycles. The summed E-state index contributed by atoms with van der Waals surface area (Å²) in [5.41, 5.74) is 3.79. The van der Waals surface area contributed by atoms with Gasteiger partial charge in [-0.05, 0) is 44.2 Å². The van der Waals surface area contributed by atoms with Crippen LogP contribution in [0.1, 0.15) is 26.5 Å². The molecule has 0 saturated heterocycles. The number of thiazole rings is 1. The van der Waals surface area contributed by atoms with Crippen molar-refractivity contribution in [3.63, 3.8) is 0 Å². The third-order valence-electron chi connectivity index (χ3n) is 3.90. The number of amides is 1. The molecule has 1 amide bonds. The first kappa shape index (κ1) is 17.3. The lowest BCUT2D eigenvalue weighted by Gasteiger charge is -2.04. The van der Waals surface area contributed by atoms with Crippen molar-refractivity contribution in [1.82, 2.24) is 10.3 Å². The van der Waals surface area contributed by atoms with E-state index in [1.165, 1.54) is 29.8 Å². The van der Waals surface area contributed by atoms with E-state index in [-0.39, 0.29) is 11.7 Å². The molecule has 0 saturated carbocycles. The van der Waals surface area contributed by atoms with Crippen LogP contribution in [0, 0.1) is 19.7 Å². The number of aryl methyl sites for hydroxylation is 2. The van der Waals surface area contributed by atoms with E-state index in [4.69, 9.17) is 0 Å². The molecular weight excluding hydrogens is 335 g/mol. The summed E-state index contributed by atoms with van der Waals surface area (Å²) in [6, 6.07) is 13.8. The fourth-order valence-electron chi connectivity index (χ4n) is 2.55. The van der Waals surface area contributed by atoms with Gasteiger partial charge in [-0.2, -0.15) is 0 Å². The molecule has 0 spiro atoms. The van der Waals surface area contributed by atoms with Crippen molar-refractivity contribution in [3.8, 4) is 10.6 Å². The van der Waals surface area contributed by atoms with Crippen LogP contribution in [0.2, 0.25) is 0 Å². The zero-order valence-electron chi connectivity index (χ0n) is 14.2. The Kier molecular flexibility index (Phi) is 5.24. The molecule has 3 rings (SSSR count). The van der Waals surface area contributed by atoms with Gasteiger partial charge in [-0.1, -0.05) is 23.8 Å². The van der Waals surface area contributed by atoms with Gasteiger partial charge in [0.15, 0.2) is 0 Å². The average molecular weight is 354 g/mol. The van der Waals surface area contributed by atoms with Crippen molar-refractivity contribution in [3.05, 3.63) is 76.0 Å². The fraction of sp³-hybridized carbons (Fsp3) is 0.200. The minimum Gasteiger partial charge on any atom is -0.352 e. The van der Waals surface area contributed by atoms with Gasteiger partial charge < -0.3 is 5.32 Å². The summed E-state index contributed by atoms with van der Waals surface area (Å²) in [4.78, 5) is 17.9. The number of aromatic nitrogens is 1. The molecule has 0 fully saturated rings. The Morgan fingerprint density at radius 3 is 2.64 bits per heavy atom. The van der Waals surface area contributed by atoms with E-state index in [1.807, 2.05) is 13.0 Å². The highest BCUT2D eigenvalue weighted by Crippen LogP contribution is 2.28. The molecule has 0 aliphatic carbocycles. The van der Waals surface area contributed by atoms with Crippen molar-refractivity contribution < 1.29 is 9.18 Å². The second-order valence-electron chi connectivity index (χ2n) is 5.91. The predicted molar refractivity (Wildman–Crippen MR) is 99.5 cm³/mol. The number of nitrogens with zero attached hydrogens (tertiary/aromatic N) is 1. The Labute approximate surface area is 150 Å². The van der Waals surface area contributed by atoms with E-state index in [2.05, 4.69) is 35.4 Å². The highest BCUT2D eigenvalue weighted by molar-refractivity contribution is 7.15. The quantitative estimate of drug-likeness (QED) is 0.731. The number of rotatable bonds is 5. The van der Waals surface area contributed by atoms with Crippen molar-refractivity contribution in [2.24, 2.45) is 0 Å². The van der Waals surface area contributed by atoms with E-state index in [0.717, 1.165) is 27.6 Å². The highest BCUT2D eigenvalue weighted by atomic mass is 32.1. The minimum atomic E-state index is -0.347. The molecule has 1 heterocycles. The van der Waals surface area contributed by atoms with Crippen molar-refractivity contribution in [1.29, 1.82) is 0 Å². The van der Waals surface area contributed by atoms with Gasteiger partial charge >= 0.3 is 0 Å². The summed E-state index contributed by atoms with van der Waals surface area (Å²) in [6.45, 7) is 4.58. The second kappa shape index (κ2) is 7.57. The summed E-state index contributed by atoms with van der Waals surface area (Å²) in [7, 11) is 0. The number of benzene rings is 2. The normalized spacial score (nSPS) is 10.7. The largest absolute Gasteiger partial charge is 0.352 e. The predicted octanol–water partition coefficient (Wildman–Crippen LogP) is 4.54. The summed E-state index contributed by atoms with van der Waals surface area (Å²) in [6.07, 6.45) is 0.724. The topological polar surface area (TPSA) is 42.0 Å². The molecule has 0 radical (unpaired) electrons. The molecule has 128 valence electrons. The Hall–Kier alpha value is -2.53. The Morgan fingerprint density at radius 2 is 1.92 bits per heavy atom. The lowest BCUT2D eigenvalue weighted by Crippen LogP contribution is -2.25. The zero-order valence-corrected chi connectivity index (χ0v) is 15.0. The summed E-state index contributed by atoms with van der Waals surface area (Å²) >= 11 is 1.66. The standard InChI is InChI=1S/C20H19FN2OS/c1-13-4-3-5-16(12-13)20-23-14(2)18(25-20)10-11-22-19(24)15-6-8-17(21)9-7-15/h3-9,12H,10-11H2,1-2H3,(H,22,24). The molecule has 0 atom stereocenters. The molecule has 0 aliphatic heterocycles. The second-order valence-corrected chi connectivity index (χ2v) is 6.99. The molecule has 0 aliphatic rings. The van der Waals surface area contributed by atoms with Crippen LogP contribution < -0.4 is 5.32 Å². The van der Waals surface area contributed by atoms with E-state index in [1.54, 1.807) is 11.3 Å². The molecule has 1 N–H and O–H groups in total. The third kappa shape index (κ3) is 4.31. The van der Waals surface area contributed by atoms with Gasteiger partial charge in [-0.3, -0.25) is 4.79 Å². The van der Waals surface area contributed by atoms with Gasteiger partial charge in [-0.15, -0.1) is 11.3 Å². The van der Waals surface area contributed by atoms with Gasteiger partial charge in [0.2, 0.25) is 0 Å². The maximum absolute atomic E-state index is 12.9. The van der Waals surface area contributed by atoms with Gasteiger partial charge in [0, 0.05) is 29.0 Å². The van der Waals surface area contributed by atoms with Crippen LogP contribution >= 0.6 is 11.3 Å². The molecule has 3 nitrogen and oxygen atoms in total. The van der Waals surface area contributed by atoms with Gasteiger partial charge in [0.05, 0.1) is 5.69 Å². The summed E-state index contributed by atoms with van der Waals surface area (Å²) < 4.78 is 12.9. The Balaban J connectivity index is 1.62. The van der Waals surface area contributed by atoms with Crippen LogP contribution in [0.15, 0.2) is 48.5 Å². The summed E-state index contributed by atoms with van der Waals surface area (Å²) in [5.74, 6) is -0.540. The van der Waals surface area contributed by atoms with E-state index in [9.17, 15) is 9.18 Å². The first-order chi connectivity index (χ1) is 12.0. The van der Waals surface area contributed by atoms with Gasteiger partial charge in [0.25, 0.3) is 5.91 Å². The number of halogens is 1. The first-order valence-electron chi connectivity index (χ1n) is 8.10. The minimum absolute atomic E-state index is 0.193. The Morgan fingerprint density at radius 1 is 1.16 bits per heavy atom. The SMILES string of the molecule is Cc1cccc(-c2nc(C)c(CCNC(=O)c3ccc(F)cc3)s2)c1. The maximum atomic E-state index is 12.9. The molecule has 5 heteroatoms. The van der Waals surface area contributed by atoms with Crippen LogP contribution in [-0.4, -0.2) is 17.4 Å². The molecule has 1 aromatic heterocycles. The monoisotopic (exact) mass is 354 g/mol. The number of hydrogen-bond acceptors (Lipinski definition) is 3. The number of carbonyl (C=O) groups is 1. The van der Waals surface area contributed by atoms with Gasteiger partial charge in [0.1, 0.15) is 10.8 Å². The van der Waals surface area contributed by atoms with E-state index < -0.39 is 0 Å². The molecule has 0 unspecified atom stereocenters. The number of nitrogens with one attached hydrogen (secondary N) is 1. The van der Waals surface area contributed by atoms with Crippen molar-refractivity contribution in [2.75, 3.05) is 6.54 Å². The molecule has 0 bridgehead atoms. The van der Waals surface area contributed by atoms with Crippen molar-refractivity contribution in [2.45, 2.75) is 20.3 Å². The lowest BCUT2D eigenvalue weighted by molar-refractivity contribution is 0.0954. The van der Waals surface area contributed by atoms with Crippen LogP contribution in [0.5, 0.6) is 0 Å². The smallest absolute Gasteiger partial charge is 0.251 e. The Bertz CT molecular complexity index is 887. The highest BCUT2D eigenvalue weighted by Gasteiger charge is 2.11. The van der Waals surface area contributed by atoms with E-state index >= 15 is 0 Å². The van der Waals surface area contributed by atoms with E-state index in [0.29, 0.717) is 12.1 Å². The third-order valence-corrected chi connectivity index (χ3v) is 5.17. The van der Waals surface area contributed by atoms with Crippen molar-refractivity contribution >= 4 is 17.2 Å². The van der Waals surface area contributed by atoms with Crippen LogP contribution in [0.25, 0.3) is 10.6 Å². The fourth-order valence-corrected chi connectivity index (χ4v) is 3.61. The lowest BCUT2D eigenvalue weighted by atomic mass is 10.1. The maximum Gasteiger partial charge on any atom is 0.251 e. The zero-order chi connectivity index (χ0) is 17.8. The first-order valence-corrected chi connectivity index (χ1v) is 8.91. The average Bonchev–Trinajstić information content (AvgIpc) is 2.96. The van der Waals surface area contributed by atoms with Crippen LogP contribution in [0.3, 0.4) is 0 Å². The number of carbonyl (C=O) groups excluding carboxylic acids is 1. The molecule has 25 heavy (non-hydrogen) atoms.